The lowest BCUT2D eigenvalue weighted by molar-refractivity contribution is 0.579. The lowest BCUT2D eigenvalue weighted by atomic mass is 10.1. The monoisotopic (exact) mass is 288 g/mol. The summed E-state index contributed by atoms with van der Waals surface area (Å²) in [6, 6.07) is 7.23. The van der Waals surface area contributed by atoms with Crippen molar-refractivity contribution in [3.8, 4) is 0 Å². The van der Waals surface area contributed by atoms with E-state index >= 15 is 0 Å². The van der Waals surface area contributed by atoms with Crippen LogP contribution in [0.1, 0.15) is 37.7 Å². The SMILES string of the molecule is Cc1ccc(S(=O)(=O)C2CC3=C(CCCC=C3)C2)cc1. The van der Waals surface area contributed by atoms with Gasteiger partial charge in [-0.15, -0.1) is 0 Å². The Morgan fingerprint density at radius 1 is 1.10 bits per heavy atom. The molecule has 0 N–H and O–H groups in total. The predicted molar refractivity (Wildman–Crippen MR) is 81.4 cm³/mol. The fourth-order valence-electron chi connectivity index (χ4n) is 3.11. The highest BCUT2D eigenvalue weighted by molar-refractivity contribution is 7.92. The van der Waals surface area contributed by atoms with Crippen molar-refractivity contribution in [3.05, 3.63) is 53.1 Å². The molecule has 20 heavy (non-hydrogen) atoms. The van der Waals surface area contributed by atoms with E-state index in [2.05, 4.69) is 12.2 Å². The molecule has 1 atom stereocenters. The van der Waals surface area contributed by atoms with E-state index in [4.69, 9.17) is 0 Å². The van der Waals surface area contributed by atoms with Crippen LogP contribution in [0.4, 0.5) is 0 Å². The third kappa shape index (κ3) is 2.47. The number of rotatable bonds is 2. The van der Waals surface area contributed by atoms with Gasteiger partial charge in [0, 0.05) is 0 Å². The molecule has 1 aromatic carbocycles. The standard InChI is InChI=1S/C17H20O2S/c1-13-7-9-16(10-8-13)20(18,19)17-11-14-5-3-2-4-6-15(14)12-17/h3,5,7-10,17H,2,4,6,11-12H2,1H3. The zero-order chi connectivity index (χ0) is 14.2. The largest absolute Gasteiger partial charge is 0.223 e. The molecule has 0 spiro atoms. The Bertz CT molecular complexity index is 663. The molecule has 1 unspecified atom stereocenters. The Morgan fingerprint density at radius 3 is 2.60 bits per heavy atom. The zero-order valence-corrected chi connectivity index (χ0v) is 12.6. The van der Waals surface area contributed by atoms with E-state index in [-0.39, 0.29) is 5.25 Å². The Labute approximate surface area is 121 Å². The number of benzene rings is 1. The first-order valence-corrected chi connectivity index (χ1v) is 8.80. The average Bonchev–Trinajstić information content (AvgIpc) is 2.72. The second kappa shape index (κ2) is 5.21. The minimum Gasteiger partial charge on any atom is -0.223 e. The Kier molecular flexibility index (Phi) is 3.55. The molecule has 3 heteroatoms. The number of hydrogen-bond acceptors (Lipinski definition) is 2. The minimum atomic E-state index is -3.20. The van der Waals surface area contributed by atoms with Crippen molar-refractivity contribution in [2.45, 2.75) is 49.2 Å². The molecule has 1 aromatic rings. The fourth-order valence-corrected chi connectivity index (χ4v) is 4.83. The molecule has 106 valence electrons. The van der Waals surface area contributed by atoms with Gasteiger partial charge in [-0.1, -0.05) is 35.4 Å². The minimum absolute atomic E-state index is 0.266. The van der Waals surface area contributed by atoms with Gasteiger partial charge in [0.15, 0.2) is 9.84 Å². The molecule has 2 nitrogen and oxygen atoms in total. The van der Waals surface area contributed by atoms with Crippen LogP contribution in [0.25, 0.3) is 0 Å². The third-order valence-electron chi connectivity index (χ3n) is 4.33. The maximum atomic E-state index is 12.7. The summed E-state index contributed by atoms with van der Waals surface area (Å²) in [5.74, 6) is 0. The maximum absolute atomic E-state index is 12.7. The molecule has 0 saturated carbocycles. The normalized spacial score (nSPS) is 22.8. The van der Waals surface area contributed by atoms with Gasteiger partial charge in [0.1, 0.15) is 0 Å². The highest BCUT2D eigenvalue weighted by Gasteiger charge is 2.34. The molecule has 2 aliphatic carbocycles. The van der Waals surface area contributed by atoms with Crippen LogP contribution in [0.2, 0.25) is 0 Å². The summed E-state index contributed by atoms with van der Waals surface area (Å²) < 4.78 is 25.4. The van der Waals surface area contributed by atoms with E-state index in [1.807, 2.05) is 19.1 Å². The van der Waals surface area contributed by atoms with Crippen LogP contribution in [0.3, 0.4) is 0 Å². The summed E-state index contributed by atoms with van der Waals surface area (Å²) in [6.45, 7) is 1.97. The van der Waals surface area contributed by atoms with Crippen molar-refractivity contribution >= 4 is 9.84 Å². The molecule has 2 aliphatic rings. The first-order chi connectivity index (χ1) is 9.57. The van der Waals surface area contributed by atoms with Crippen LogP contribution in [0.15, 0.2) is 52.5 Å². The molecular formula is C17H20O2S. The van der Waals surface area contributed by atoms with Gasteiger partial charge in [-0.3, -0.25) is 0 Å². The van der Waals surface area contributed by atoms with E-state index in [9.17, 15) is 8.42 Å². The second-order valence-corrected chi connectivity index (χ2v) is 8.04. The molecule has 3 rings (SSSR count). The molecule has 0 amide bonds. The summed E-state index contributed by atoms with van der Waals surface area (Å²) >= 11 is 0. The van der Waals surface area contributed by atoms with Crippen LogP contribution in [0, 0.1) is 6.92 Å². The number of hydrogen-bond donors (Lipinski definition) is 0. The third-order valence-corrected chi connectivity index (χ3v) is 6.47. The number of aryl methyl sites for hydroxylation is 1. The van der Waals surface area contributed by atoms with E-state index in [1.165, 1.54) is 11.1 Å². The Morgan fingerprint density at radius 2 is 1.85 bits per heavy atom. The molecule has 0 aromatic heterocycles. The smallest absolute Gasteiger partial charge is 0.181 e. The lowest BCUT2D eigenvalue weighted by Crippen LogP contribution is -2.19. The summed E-state index contributed by atoms with van der Waals surface area (Å²) in [7, 11) is -3.20. The number of sulfone groups is 1. The highest BCUT2D eigenvalue weighted by Crippen LogP contribution is 2.38. The van der Waals surface area contributed by atoms with Crippen molar-refractivity contribution < 1.29 is 8.42 Å². The Hall–Kier alpha value is -1.35. The molecule has 0 heterocycles. The molecule has 0 bridgehead atoms. The van der Waals surface area contributed by atoms with Gasteiger partial charge in [0.05, 0.1) is 10.1 Å². The van der Waals surface area contributed by atoms with Gasteiger partial charge in [0.2, 0.25) is 0 Å². The lowest BCUT2D eigenvalue weighted by Gasteiger charge is -2.13. The summed E-state index contributed by atoms with van der Waals surface area (Å²) in [5.41, 5.74) is 3.72. The quantitative estimate of drug-likeness (QED) is 0.825. The molecular weight excluding hydrogens is 268 g/mol. The summed E-state index contributed by atoms with van der Waals surface area (Å²) in [6.07, 6.45) is 9.05. The van der Waals surface area contributed by atoms with E-state index in [0.717, 1.165) is 31.2 Å². The van der Waals surface area contributed by atoms with Crippen molar-refractivity contribution in [2.24, 2.45) is 0 Å². The van der Waals surface area contributed by atoms with E-state index in [0.29, 0.717) is 11.3 Å². The fraction of sp³-hybridized carbons (Fsp3) is 0.412. The molecule has 0 fully saturated rings. The molecule has 0 aliphatic heterocycles. The second-order valence-electron chi connectivity index (χ2n) is 5.81. The van der Waals surface area contributed by atoms with Crippen molar-refractivity contribution in [1.29, 1.82) is 0 Å². The molecule has 0 saturated heterocycles. The summed E-state index contributed by atoms with van der Waals surface area (Å²) in [4.78, 5) is 0.467. The Balaban J connectivity index is 1.86. The molecule has 0 radical (unpaired) electrons. The average molecular weight is 288 g/mol. The van der Waals surface area contributed by atoms with Crippen molar-refractivity contribution in [3.63, 3.8) is 0 Å². The highest BCUT2D eigenvalue weighted by atomic mass is 32.2. The summed E-state index contributed by atoms with van der Waals surface area (Å²) in [5, 5.41) is -0.266. The van der Waals surface area contributed by atoms with Gasteiger partial charge < -0.3 is 0 Å². The van der Waals surface area contributed by atoms with Gasteiger partial charge in [-0.2, -0.15) is 0 Å². The van der Waals surface area contributed by atoms with Crippen LogP contribution in [0.5, 0.6) is 0 Å². The number of allylic oxidation sites excluding steroid dienone is 4. The first-order valence-electron chi connectivity index (χ1n) is 7.25. The van der Waals surface area contributed by atoms with Gasteiger partial charge in [-0.05, 0) is 56.7 Å². The predicted octanol–water partition coefficient (Wildman–Crippen LogP) is 3.97. The van der Waals surface area contributed by atoms with Crippen LogP contribution < -0.4 is 0 Å². The topological polar surface area (TPSA) is 34.1 Å². The van der Waals surface area contributed by atoms with Gasteiger partial charge in [-0.25, -0.2) is 8.42 Å². The van der Waals surface area contributed by atoms with E-state index < -0.39 is 9.84 Å². The van der Waals surface area contributed by atoms with Crippen LogP contribution in [-0.2, 0) is 9.84 Å². The van der Waals surface area contributed by atoms with Crippen LogP contribution >= 0.6 is 0 Å². The zero-order valence-electron chi connectivity index (χ0n) is 11.8. The van der Waals surface area contributed by atoms with Crippen molar-refractivity contribution in [2.75, 3.05) is 0 Å². The first kappa shape index (κ1) is 13.6. The maximum Gasteiger partial charge on any atom is 0.181 e. The van der Waals surface area contributed by atoms with Gasteiger partial charge in [0.25, 0.3) is 0 Å². The van der Waals surface area contributed by atoms with Crippen molar-refractivity contribution in [1.82, 2.24) is 0 Å². The van der Waals surface area contributed by atoms with E-state index in [1.54, 1.807) is 12.1 Å². The van der Waals surface area contributed by atoms with Gasteiger partial charge >= 0.3 is 0 Å². The van der Waals surface area contributed by atoms with Crippen LogP contribution in [-0.4, -0.2) is 13.7 Å².